The predicted octanol–water partition coefficient (Wildman–Crippen LogP) is 3.63. The van der Waals surface area contributed by atoms with Gasteiger partial charge in [0.15, 0.2) is 16.6 Å². The SMILES string of the molecule is COCCNC(=S)N1CCc2cc(OC)c(OC)cc2[C@@H]1c1cc2cc(C)c(C)cc2[nH]c1=O. The first-order chi connectivity index (χ1) is 16.4. The van der Waals surface area contributed by atoms with E-state index in [1.54, 1.807) is 21.3 Å². The average Bonchev–Trinajstić information content (AvgIpc) is 2.83. The second-order valence-corrected chi connectivity index (χ2v) is 8.94. The van der Waals surface area contributed by atoms with Gasteiger partial charge in [0.05, 0.1) is 26.9 Å². The molecule has 7 nitrogen and oxygen atoms in total. The van der Waals surface area contributed by atoms with E-state index in [-0.39, 0.29) is 11.6 Å². The third kappa shape index (κ3) is 4.48. The van der Waals surface area contributed by atoms with Crippen LogP contribution in [0.4, 0.5) is 0 Å². The first kappa shape index (κ1) is 24.0. The van der Waals surface area contributed by atoms with E-state index in [4.69, 9.17) is 26.4 Å². The molecule has 0 aliphatic carbocycles. The smallest absolute Gasteiger partial charge is 0.254 e. The molecule has 1 atom stereocenters. The zero-order valence-corrected chi connectivity index (χ0v) is 21.1. The Morgan fingerprint density at radius 2 is 1.76 bits per heavy atom. The van der Waals surface area contributed by atoms with Gasteiger partial charge in [-0.1, -0.05) is 0 Å². The number of hydrogen-bond donors (Lipinski definition) is 2. The second kappa shape index (κ2) is 10.0. The molecule has 2 heterocycles. The van der Waals surface area contributed by atoms with Gasteiger partial charge in [-0.15, -0.1) is 0 Å². The van der Waals surface area contributed by atoms with E-state index in [2.05, 4.69) is 28.2 Å². The number of rotatable bonds is 6. The maximum Gasteiger partial charge on any atom is 0.254 e. The molecule has 1 aliphatic rings. The van der Waals surface area contributed by atoms with Crippen LogP contribution in [0.2, 0.25) is 0 Å². The Kier molecular flexibility index (Phi) is 7.09. The van der Waals surface area contributed by atoms with Gasteiger partial charge < -0.3 is 29.4 Å². The molecule has 1 aromatic heterocycles. The van der Waals surface area contributed by atoms with Crippen molar-refractivity contribution in [1.82, 2.24) is 15.2 Å². The van der Waals surface area contributed by atoms with Crippen molar-refractivity contribution in [2.45, 2.75) is 26.3 Å². The number of ether oxygens (including phenoxy) is 3. The molecule has 0 unspecified atom stereocenters. The Bertz CT molecular complexity index is 1290. The standard InChI is InChI=1S/C26H31N3O4S/c1-15-10-18-12-20(25(30)28-21(18)11-16(15)2)24-19-14-23(33-5)22(32-4)13-17(19)6-8-29(24)26(34)27-7-9-31-3/h10-14,24H,6-9H2,1-5H3,(H,27,34)(H,28,30)/t24-/m1/s1. The van der Waals surface area contributed by atoms with E-state index in [0.29, 0.717) is 41.9 Å². The molecule has 8 heteroatoms. The van der Waals surface area contributed by atoms with Crippen LogP contribution in [-0.2, 0) is 11.2 Å². The molecule has 0 bridgehead atoms. The topological polar surface area (TPSA) is 75.8 Å². The van der Waals surface area contributed by atoms with Crippen LogP contribution >= 0.6 is 12.2 Å². The van der Waals surface area contributed by atoms with Crippen molar-refractivity contribution in [3.63, 3.8) is 0 Å². The molecule has 0 saturated carbocycles. The summed E-state index contributed by atoms with van der Waals surface area (Å²) in [6, 6.07) is 9.72. The molecule has 2 aromatic carbocycles. The van der Waals surface area contributed by atoms with E-state index >= 15 is 0 Å². The molecule has 0 radical (unpaired) electrons. The lowest BCUT2D eigenvalue weighted by molar-refractivity contribution is 0.202. The summed E-state index contributed by atoms with van der Waals surface area (Å²) in [6.45, 7) is 5.91. The molecule has 0 saturated heterocycles. The van der Waals surface area contributed by atoms with E-state index in [1.165, 1.54) is 5.56 Å². The van der Waals surface area contributed by atoms with Gasteiger partial charge in [0.2, 0.25) is 0 Å². The number of nitrogens with one attached hydrogen (secondary N) is 2. The van der Waals surface area contributed by atoms with Crippen molar-refractivity contribution in [1.29, 1.82) is 0 Å². The van der Waals surface area contributed by atoms with Crippen LogP contribution in [0.15, 0.2) is 35.1 Å². The van der Waals surface area contributed by atoms with Gasteiger partial charge in [-0.25, -0.2) is 0 Å². The zero-order chi connectivity index (χ0) is 24.4. The fraction of sp³-hybridized carbons (Fsp3) is 0.385. The largest absolute Gasteiger partial charge is 0.493 e. The minimum Gasteiger partial charge on any atom is -0.493 e. The Hall–Kier alpha value is -3.10. The van der Waals surface area contributed by atoms with Crippen LogP contribution in [0, 0.1) is 13.8 Å². The first-order valence-corrected chi connectivity index (χ1v) is 11.7. The van der Waals surface area contributed by atoms with E-state index in [0.717, 1.165) is 34.0 Å². The molecule has 0 fully saturated rings. The van der Waals surface area contributed by atoms with Gasteiger partial charge in [-0.05, 0) is 90.5 Å². The lowest BCUT2D eigenvalue weighted by atomic mass is 9.87. The Morgan fingerprint density at radius 3 is 2.47 bits per heavy atom. The number of fused-ring (bicyclic) bond motifs is 2. The Morgan fingerprint density at radius 1 is 1.06 bits per heavy atom. The third-order valence-corrected chi connectivity index (χ3v) is 6.88. The monoisotopic (exact) mass is 481 g/mol. The van der Waals surface area contributed by atoms with Crippen molar-refractivity contribution < 1.29 is 14.2 Å². The average molecular weight is 482 g/mol. The molecule has 180 valence electrons. The maximum atomic E-state index is 13.4. The lowest BCUT2D eigenvalue weighted by Crippen LogP contribution is -2.47. The Labute approximate surface area is 205 Å². The van der Waals surface area contributed by atoms with Crippen molar-refractivity contribution in [2.75, 3.05) is 41.0 Å². The van der Waals surface area contributed by atoms with E-state index in [9.17, 15) is 4.79 Å². The summed E-state index contributed by atoms with van der Waals surface area (Å²) in [5, 5.41) is 4.85. The highest BCUT2D eigenvalue weighted by molar-refractivity contribution is 7.80. The van der Waals surface area contributed by atoms with Gasteiger partial charge in [-0.3, -0.25) is 4.79 Å². The van der Waals surface area contributed by atoms with Gasteiger partial charge in [-0.2, -0.15) is 0 Å². The molecule has 0 spiro atoms. The summed E-state index contributed by atoms with van der Waals surface area (Å²) in [7, 11) is 4.90. The maximum absolute atomic E-state index is 13.4. The fourth-order valence-corrected chi connectivity index (χ4v) is 4.86. The van der Waals surface area contributed by atoms with E-state index < -0.39 is 0 Å². The minimum atomic E-state index is -0.374. The number of aryl methyl sites for hydroxylation is 2. The number of nitrogens with zero attached hydrogens (tertiary/aromatic N) is 1. The molecule has 34 heavy (non-hydrogen) atoms. The van der Waals surface area contributed by atoms with Crippen LogP contribution in [0.25, 0.3) is 10.9 Å². The summed E-state index contributed by atoms with van der Waals surface area (Å²) in [4.78, 5) is 18.6. The number of thiocarbonyl (C=S) groups is 1. The molecule has 1 aliphatic heterocycles. The summed E-state index contributed by atoms with van der Waals surface area (Å²) in [5.41, 5.74) is 5.74. The number of pyridine rings is 1. The number of methoxy groups -OCH3 is 3. The van der Waals surface area contributed by atoms with Gasteiger partial charge in [0, 0.05) is 31.3 Å². The summed E-state index contributed by atoms with van der Waals surface area (Å²) < 4.78 is 16.3. The highest BCUT2D eigenvalue weighted by Crippen LogP contribution is 2.40. The van der Waals surface area contributed by atoms with Crippen LogP contribution in [0.5, 0.6) is 11.5 Å². The van der Waals surface area contributed by atoms with Crippen LogP contribution in [0.1, 0.15) is 33.9 Å². The molecular weight excluding hydrogens is 450 g/mol. The van der Waals surface area contributed by atoms with Gasteiger partial charge >= 0.3 is 0 Å². The van der Waals surface area contributed by atoms with Gasteiger partial charge in [0.25, 0.3) is 5.56 Å². The third-order valence-electron chi connectivity index (χ3n) is 6.50. The number of H-pyrrole nitrogens is 1. The highest BCUT2D eigenvalue weighted by Gasteiger charge is 2.33. The van der Waals surface area contributed by atoms with Gasteiger partial charge in [0.1, 0.15) is 0 Å². The number of aromatic nitrogens is 1. The number of aromatic amines is 1. The van der Waals surface area contributed by atoms with Crippen molar-refractivity contribution in [3.8, 4) is 11.5 Å². The second-order valence-electron chi connectivity index (χ2n) is 8.55. The van der Waals surface area contributed by atoms with Crippen LogP contribution in [0.3, 0.4) is 0 Å². The van der Waals surface area contributed by atoms with Crippen LogP contribution in [-0.4, -0.2) is 56.0 Å². The number of benzene rings is 2. The predicted molar refractivity (Wildman–Crippen MR) is 138 cm³/mol. The molecule has 2 N–H and O–H groups in total. The van der Waals surface area contributed by atoms with Crippen molar-refractivity contribution in [3.05, 3.63) is 68.5 Å². The summed E-state index contributed by atoms with van der Waals surface area (Å²) in [5.74, 6) is 1.29. The summed E-state index contributed by atoms with van der Waals surface area (Å²) in [6.07, 6.45) is 0.766. The Balaban J connectivity index is 1.89. The van der Waals surface area contributed by atoms with E-state index in [1.807, 2.05) is 31.2 Å². The number of hydrogen-bond acceptors (Lipinski definition) is 5. The minimum absolute atomic E-state index is 0.131. The zero-order valence-electron chi connectivity index (χ0n) is 20.3. The quantitative estimate of drug-likeness (QED) is 0.411. The molecular formula is C26H31N3O4S. The molecule has 0 amide bonds. The van der Waals surface area contributed by atoms with Crippen molar-refractivity contribution >= 4 is 28.2 Å². The normalized spacial score (nSPS) is 15.2. The van der Waals surface area contributed by atoms with Crippen molar-refractivity contribution in [2.24, 2.45) is 0 Å². The summed E-state index contributed by atoms with van der Waals surface area (Å²) >= 11 is 5.77. The molecule has 4 rings (SSSR count). The lowest BCUT2D eigenvalue weighted by Gasteiger charge is -2.39. The highest BCUT2D eigenvalue weighted by atomic mass is 32.1. The first-order valence-electron chi connectivity index (χ1n) is 11.3. The van der Waals surface area contributed by atoms with Crippen LogP contribution < -0.4 is 20.3 Å². The molecule has 3 aromatic rings. The fourth-order valence-electron chi connectivity index (χ4n) is 4.56.